The first-order chi connectivity index (χ1) is 5.85. The summed E-state index contributed by atoms with van der Waals surface area (Å²) in [7, 11) is 0. The Hall–Kier alpha value is 0.350. The average molecular weight is 202 g/mol. The molecule has 1 heteroatoms. The lowest BCUT2D eigenvalue weighted by Gasteiger charge is -2.24. The summed E-state index contributed by atoms with van der Waals surface area (Å²) in [5, 5.41) is 0. The Morgan fingerprint density at radius 2 is 1.69 bits per heavy atom. The summed E-state index contributed by atoms with van der Waals surface area (Å²) in [6.07, 6.45) is 5.28. The van der Waals surface area contributed by atoms with E-state index in [9.17, 15) is 0 Å². The summed E-state index contributed by atoms with van der Waals surface area (Å²) in [5.74, 6) is 1.70. The van der Waals surface area contributed by atoms with Crippen LogP contribution in [0.5, 0.6) is 0 Å². The summed E-state index contributed by atoms with van der Waals surface area (Å²) in [5.41, 5.74) is 0. The Morgan fingerprint density at radius 3 is 2.08 bits per heavy atom. The maximum Gasteiger partial charge on any atom is 0.00757 e. The summed E-state index contributed by atoms with van der Waals surface area (Å²) in [6, 6.07) is 0. The molecule has 0 rings (SSSR count). The molecule has 2 atom stereocenters. The van der Waals surface area contributed by atoms with Crippen LogP contribution in [0.25, 0.3) is 0 Å². The molecule has 0 saturated heterocycles. The lowest BCUT2D eigenvalue weighted by atomic mass is 9.88. The van der Waals surface area contributed by atoms with Gasteiger partial charge in [0.05, 0.1) is 0 Å². The van der Waals surface area contributed by atoms with Crippen molar-refractivity contribution in [2.45, 2.75) is 65.0 Å². The third-order valence-corrected chi connectivity index (χ3v) is 2.62. The third kappa shape index (κ3) is 8.67. The van der Waals surface area contributed by atoms with Crippen molar-refractivity contribution in [1.29, 1.82) is 0 Å². The van der Waals surface area contributed by atoms with E-state index in [4.69, 9.17) is 0 Å². The highest BCUT2D eigenvalue weighted by Gasteiger charge is 2.17. The largest absolute Gasteiger partial charge is 0.173 e. The van der Waals surface area contributed by atoms with Gasteiger partial charge in [-0.2, -0.15) is 12.6 Å². The minimum absolute atomic E-state index is 0.200. The van der Waals surface area contributed by atoms with Crippen molar-refractivity contribution in [1.82, 2.24) is 0 Å². The van der Waals surface area contributed by atoms with Crippen LogP contribution in [0.2, 0.25) is 0 Å². The molecule has 2 unspecified atom stereocenters. The van der Waals surface area contributed by atoms with Crippen molar-refractivity contribution >= 4 is 12.6 Å². The van der Waals surface area contributed by atoms with Crippen LogP contribution >= 0.6 is 12.6 Å². The quantitative estimate of drug-likeness (QED) is 0.600. The van der Waals surface area contributed by atoms with Gasteiger partial charge in [-0.15, -0.1) is 0 Å². The first-order valence-corrected chi connectivity index (χ1v) is 6.02. The Kier molecular flexibility index (Phi) is 6.11. The van der Waals surface area contributed by atoms with E-state index in [1.807, 2.05) is 0 Å². The molecule has 0 bridgehead atoms. The van der Waals surface area contributed by atoms with Gasteiger partial charge in [-0.25, -0.2) is 0 Å². The smallest absolute Gasteiger partial charge is 0.00757 e. The molecular formula is C12H26S. The fraction of sp³-hybridized carbons (Fsp3) is 1.00. The minimum atomic E-state index is 0.200. The molecule has 0 N–H and O–H groups in total. The molecule has 0 aromatic rings. The van der Waals surface area contributed by atoms with E-state index in [-0.39, 0.29) is 4.75 Å². The molecule has 0 heterocycles. The predicted octanol–water partition coefficient (Wildman–Crippen LogP) is 4.55. The molecule has 0 spiro atoms. The molecule has 0 aliphatic heterocycles. The van der Waals surface area contributed by atoms with E-state index in [2.05, 4.69) is 47.2 Å². The zero-order valence-corrected chi connectivity index (χ0v) is 10.8. The molecule has 80 valence electrons. The van der Waals surface area contributed by atoms with Crippen LogP contribution in [-0.2, 0) is 0 Å². The summed E-state index contributed by atoms with van der Waals surface area (Å²) in [6.45, 7) is 11.4. The van der Waals surface area contributed by atoms with Gasteiger partial charge in [0, 0.05) is 4.75 Å². The Morgan fingerprint density at radius 1 is 1.15 bits per heavy atom. The first-order valence-electron chi connectivity index (χ1n) is 5.57. The molecule has 0 aliphatic carbocycles. The Bertz CT molecular complexity index is 124. The Balaban J connectivity index is 3.67. The lowest BCUT2D eigenvalue weighted by molar-refractivity contribution is 0.355. The zero-order valence-electron chi connectivity index (χ0n) is 9.93. The summed E-state index contributed by atoms with van der Waals surface area (Å²) >= 11 is 4.57. The van der Waals surface area contributed by atoms with E-state index >= 15 is 0 Å². The van der Waals surface area contributed by atoms with Crippen molar-refractivity contribution in [2.24, 2.45) is 11.8 Å². The molecule has 13 heavy (non-hydrogen) atoms. The van der Waals surface area contributed by atoms with Crippen LogP contribution in [0.1, 0.15) is 60.3 Å². The molecule has 0 nitrogen and oxygen atoms in total. The van der Waals surface area contributed by atoms with Gasteiger partial charge in [0.25, 0.3) is 0 Å². The van der Waals surface area contributed by atoms with Gasteiger partial charge >= 0.3 is 0 Å². The molecule has 0 fully saturated rings. The van der Waals surface area contributed by atoms with Crippen molar-refractivity contribution < 1.29 is 0 Å². The highest BCUT2D eigenvalue weighted by atomic mass is 32.1. The van der Waals surface area contributed by atoms with Gasteiger partial charge < -0.3 is 0 Å². The molecule has 0 aromatic heterocycles. The highest BCUT2D eigenvalue weighted by molar-refractivity contribution is 7.81. The molecular weight excluding hydrogens is 176 g/mol. The van der Waals surface area contributed by atoms with Crippen LogP contribution < -0.4 is 0 Å². The summed E-state index contributed by atoms with van der Waals surface area (Å²) < 4.78 is 0.200. The monoisotopic (exact) mass is 202 g/mol. The predicted molar refractivity (Wildman–Crippen MR) is 65.5 cm³/mol. The zero-order chi connectivity index (χ0) is 10.5. The van der Waals surface area contributed by atoms with Gasteiger partial charge in [-0.05, 0) is 24.7 Å². The van der Waals surface area contributed by atoms with E-state index in [0.29, 0.717) is 0 Å². The molecule has 0 radical (unpaired) electrons. The second-order valence-corrected chi connectivity index (χ2v) is 6.46. The third-order valence-electron chi connectivity index (χ3n) is 2.43. The SMILES string of the molecule is CCCC(C)CC(C)CC(C)(C)S. The van der Waals surface area contributed by atoms with Crippen LogP contribution in [0, 0.1) is 11.8 Å². The van der Waals surface area contributed by atoms with E-state index in [1.165, 1.54) is 25.7 Å². The number of hydrogen-bond acceptors (Lipinski definition) is 1. The van der Waals surface area contributed by atoms with Crippen LogP contribution in [0.4, 0.5) is 0 Å². The minimum Gasteiger partial charge on any atom is -0.173 e. The lowest BCUT2D eigenvalue weighted by Crippen LogP contribution is -2.16. The standard InChI is InChI=1S/C12H26S/c1-6-7-10(2)8-11(3)9-12(4,5)13/h10-11,13H,6-9H2,1-5H3. The van der Waals surface area contributed by atoms with Gasteiger partial charge in [-0.1, -0.05) is 47.5 Å². The molecule has 0 aromatic carbocycles. The average Bonchev–Trinajstić information content (AvgIpc) is 1.81. The van der Waals surface area contributed by atoms with Crippen molar-refractivity contribution in [3.8, 4) is 0 Å². The van der Waals surface area contributed by atoms with Crippen LogP contribution in [0.3, 0.4) is 0 Å². The molecule has 0 saturated carbocycles. The second kappa shape index (κ2) is 5.95. The summed E-state index contributed by atoms with van der Waals surface area (Å²) in [4.78, 5) is 0. The highest BCUT2D eigenvalue weighted by Crippen LogP contribution is 2.27. The van der Waals surface area contributed by atoms with E-state index in [1.54, 1.807) is 0 Å². The van der Waals surface area contributed by atoms with Crippen LogP contribution in [-0.4, -0.2) is 4.75 Å². The van der Waals surface area contributed by atoms with Gasteiger partial charge in [0.2, 0.25) is 0 Å². The number of hydrogen-bond donors (Lipinski definition) is 1. The fourth-order valence-electron chi connectivity index (χ4n) is 2.23. The van der Waals surface area contributed by atoms with Crippen molar-refractivity contribution in [3.63, 3.8) is 0 Å². The number of rotatable bonds is 6. The van der Waals surface area contributed by atoms with E-state index in [0.717, 1.165) is 11.8 Å². The molecule has 0 aliphatic rings. The maximum atomic E-state index is 4.57. The fourth-order valence-corrected chi connectivity index (χ4v) is 2.55. The van der Waals surface area contributed by atoms with Gasteiger partial charge in [0.1, 0.15) is 0 Å². The van der Waals surface area contributed by atoms with E-state index < -0.39 is 0 Å². The normalized spacial score (nSPS) is 17.1. The van der Waals surface area contributed by atoms with Crippen molar-refractivity contribution in [3.05, 3.63) is 0 Å². The van der Waals surface area contributed by atoms with Gasteiger partial charge in [-0.3, -0.25) is 0 Å². The number of thiol groups is 1. The van der Waals surface area contributed by atoms with Crippen molar-refractivity contribution in [2.75, 3.05) is 0 Å². The van der Waals surface area contributed by atoms with Crippen LogP contribution in [0.15, 0.2) is 0 Å². The Labute approximate surface area is 89.9 Å². The molecule has 0 amide bonds. The maximum absolute atomic E-state index is 4.57. The second-order valence-electron chi connectivity index (χ2n) is 5.25. The van der Waals surface area contributed by atoms with Gasteiger partial charge in [0.15, 0.2) is 0 Å². The topological polar surface area (TPSA) is 0 Å². The first kappa shape index (κ1) is 13.4.